The van der Waals surface area contributed by atoms with E-state index in [0.717, 1.165) is 29.2 Å². The van der Waals surface area contributed by atoms with Gasteiger partial charge in [-0.3, -0.25) is 9.97 Å². The highest BCUT2D eigenvalue weighted by Crippen LogP contribution is 2.06. The highest BCUT2D eigenvalue weighted by molar-refractivity contribution is 5.18. The normalized spacial score (nSPS) is 10.3. The number of hydrogen-bond acceptors (Lipinski definition) is 2. The second-order valence-electron chi connectivity index (χ2n) is 3.72. The molecular weight excluding hydrogens is 184 g/mol. The summed E-state index contributed by atoms with van der Waals surface area (Å²) in [5, 5.41) is 0. The number of aryl methyl sites for hydroxylation is 2. The van der Waals surface area contributed by atoms with Gasteiger partial charge in [0.05, 0.1) is 0 Å². The Balaban J connectivity index is 2.22. The molecule has 0 aliphatic rings. The maximum atomic E-state index is 4.46. The van der Waals surface area contributed by atoms with Crippen molar-refractivity contribution in [3.63, 3.8) is 0 Å². The number of pyridine rings is 2. The van der Waals surface area contributed by atoms with Gasteiger partial charge in [-0.25, -0.2) is 0 Å². The Morgan fingerprint density at radius 3 is 1.67 bits per heavy atom. The van der Waals surface area contributed by atoms with Gasteiger partial charge in [-0.15, -0.1) is 0 Å². The molecule has 2 nitrogen and oxygen atoms in total. The summed E-state index contributed by atoms with van der Waals surface area (Å²) in [5.74, 6) is 0. The molecule has 2 heterocycles. The second-order valence-corrected chi connectivity index (χ2v) is 3.72. The summed E-state index contributed by atoms with van der Waals surface area (Å²) in [7, 11) is 0. The first-order valence-electron chi connectivity index (χ1n) is 5.09. The molecule has 0 amide bonds. The molecule has 0 aliphatic carbocycles. The molecule has 0 fully saturated rings. The van der Waals surface area contributed by atoms with Gasteiger partial charge in [0.25, 0.3) is 0 Å². The van der Waals surface area contributed by atoms with Crippen molar-refractivity contribution in [1.29, 1.82) is 0 Å². The highest BCUT2D eigenvalue weighted by Gasteiger charge is 1.99. The van der Waals surface area contributed by atoms with E-state index in [1.165, 1.54) is 0 Å². The Labute approximate surface area is 90.0 Å². The minimum Gasteiger partial charge on any atom is -0.258 e. The zero-order valence-electron chi connectivity index (χ0n) is 9.07. The summed E-state index contributed by atoms with van der Waals surface area (Å²) in [6.45, 7) is 4.01. The average molecular weight is 198 g/mol. The van der Waals surface area contributed by atoms with Gasteiger partial charge in [0.1, 0.15) is 0 Å². The lowest BCUT2D eigenvalue weighted by Crippen LogP contribution is -1.96. The molecule has 2 aromatic heterocycles. The molecule has 0 N–H and O–H groups in total. The predicted octanol–water partition coefficient (Wildman–Crippen LogP) is 2.68. The largest absolute Gasteiger partial charge is 0.258 e. The van der Waals surface area contributed by atoms with Crippen molar-refractivity contribution in [3.8, 4) is 0 Å². The van der Waals surface area contributed by atoms with Crippen molar-refractivity contribution >= 4 is 0 Å². The van der Waals surface area contributed by atoms with Crippen molar-refractivity contribution in [2.45, 2.75) is 20.3 Å². The number of rotatable bonds is 2. The van der Waals surface area contributed by atoms with E-state index in [9.17, 15) is 0 Å². The van der Waals surface area contributed by atoms with Gasteiger partial charge in [-0.2, -0.15) is 0 Å². The van der Waals surface area contributed by atoms with E-state index in [4.69, 9.17) is 0 Å². The summed E-state index contributed by atoms with van der Waals surface area (Å²) >= 11 is 0. The lowest BCUT2D eigenvalue weighted by Gasteiger charge is -2.02. The molecule has 15 heavy (non-hydrogen) atoms. The minimum atomic E-state index is 0.809. The van der Waals surface area contributed by atoms with Gasteiger partial charge in [-0.05, 0) is 38.1 Å². The molecule has 0 spiro atoms. The molecule has 0 aromatic carbocycles. The van der Waals surface area contributed by atoms with Gasteiger partial charge >= 0.3 is 0 Å². The molecule has 0 aliphatic heterocycles. The predicted molar refractivity (Wildman–Crippen MR) is 60.8 cm³/mol. The maximum absolute atomic E-state index is 4.46. The third-order valence-corrected chi connectivity index (χ3v) is 2.25. The molecular formula is C13H14N2. The zero-order valence-corrected chi connectivity index (χ0v) is 9.07. The van der Waals surface area contributed by atoms with Crippen LogP contribution in [-0.2, 0) is 6.42 Å². The minimum absolute atomic E-state index is 0.809. The lowest BCUT2D eigenvalue weighted by atomic mass is 10.2. The van der Waals surface area contributed by atoms with Crippen LogP contribution >= 0.6 is 0 Å². The van der Waals surface area contributed by atoms with Crippen LogP contribution in [0.5, 0.6) is 0 Å². The summed E-state index contributed by atoms with van der Waals surface area (Å²) in [4.78, 5) is 8.92. The van der Waals surface area contributed by atoms with Crippen molar-refractivity contribution < 1.29 is 0 Å². The van der Waals surface area contributed by atoms with E-state index in [1.54, 1.807) is 0 Å². The molecule has 2 aromatic rings. The van der Waals surface area contributed by atoms with Gasteiger partial charge < -0.3 is 0 Å². The third-order valence-electron chi connectivity index (χ3n) is 2.25. The fourth-order valence-electron chi connectivity index (χ4n) is 1.58. The summed E-state index contributed by atoms with van der Waals surface area (Å²) in [5.41, 5.74) is 4.27. The maximum Gasteiger partial charge on any atom is 0.0466 e. The van der Waals surface area contributed by atoms with Crippen LogP contribution in [0.15, 0.2) is 36.4 Å². The van der Waals surface area contributed by atoms with Gasteiger partial charge in [0.15, 0.2) is 0 Å². The molecule has 2 rings (SSSR count). The smallest absolute Gasteiger partial charge is 0.0466 e. The molecule has 2 heteroatoms. The topological polar surface area (TPSA) is 25.8 Å². The first-order valence-corrected chi connectivity index (χ1v) is 5.09. The van der Waals surface area contributed by atoms with E-state index in [2.05, 4.69) is 9.97 Å². The molecule has 76 valence electrons. The van der Waals surface area contributed by atoms with Crippen LogP contribution in [0.2, 0.25) is 0 Å². The van der Waals surface area contributed by atoms with Crippen molar-refractivity contribution in [3.05, 3.63) is 59.2 Å². The van der Waals surface area contributed by atoms with Crippen molar-refractivity contribution in [2.75, 3.05) is 0 Å². The van der Waals surface area contributed by atoms with Crippen molar-refractivity contribution in [1.82, 2.24) is 9.97 Å². The summed E-state index contributed by atoms with van der Waals surface area (Å²) in [6, 6.07) is 12.2. The third kappa shape index (κ3) is 2.62. The highest BCUT2D eigenvalue weighted by atomic mass is 14.7. The standard InChI is InChI=1S/C13H14N2/c1-10-5-3-7-12(14-10)9-13-8-4-6-11(2)15-13/h3-8H,9H2,1-2H3. The lowest BCUT2D eigenvalue weighted by molar-refractivity contribution is 0.976. The fourth-order valence-corrected chi connectivity index (χ4v) is 1.58. The van der Waals surface area contributed by atoms with E-state index in [0.29, 0.717) is 0 Å². The zero-order chi connectivity index (χ0) is 10.7. The van der Waals surface area contributed by atoms with Crippen LogP contribution in [0.1, 0.15) is 22.8 Å². The van der Waals surface area contributed by atoms with E-state index < -0.39 is 0 Å². The summed E-state index contributed by atoms with van der Waals surface area (Å²) < 4.78 is 0. The van der Waals surface area contributed by atoms with Crippen LogP contribution in [0.4, 0.5) is 0 Å². The number of aromatic nitrogens is 2. The molecule has 0 radical (unpaired) electrons. The number of hydrogen-bond donors (Lipinski definition) is 0. The molecule has 0 unspecified atom stereocenters. The van der Waals surface area contributed by atoms with Crippen molar-refractivity contribution in [2.24, 2.45) is 0 Å². The first kappa shape index (κ1) is 9.84. The van der Waals surface area contributed by atoms with Gasteiger partial charge in [0.2, 0.25) is 0 Å². The van der Waals surface area contributed by atoms with Crippen LogP contribution in [-0.4, -0.2) is 9.97 Å². The monoisotopic (exact) mass is 198 g/mol. The Morgan fingerprint density at radius 1 is 0.800 bits per heavy atom. The second kappa shape index (κ2) is 4.22. The van der Waals surface area contributed by atoms with E-state index >= 15 is 0 Å². The molecule has 0 bridgehead atoms. The van der Waals surface area contributed by atoms with Crippen LogP contribution < -0.4 is 0 Å². The van der Waals surface area contributed by atoms with Crippen LogP contribution in [0.25, 0.3) is 0 Å². The Bertz CT molecular complexity index is 420. The Morgan fingerprint density at radius 2 is 1.27 bits per heavy atom. The van der Waals surface area contributed by atoms with Crippen LogP contribution in [0, 0.1) is 13.8 Å². The van der Waals surface area contributed by atoms with E-state index in [-0.39, 0.29) is 0 Å². The molecule has 0 saturated carbocycles. The van der Waals surface area contributed by atoms with Gasteiger partial charge in [0, 0.05) is 29.2 Å². The molecule has 0 saturated heterocycles. The summed E-state index contributed by atoms with van der Waals surface area (Å²) in [6.07, 6.45) is 0.809. The van der Waals surface area contributed by atoms with Crippen LogP contribution in [0.3, 0.4) is 0 Å². The average Bonchev–Trinajstić information content (AvgIpc) is 2.17. The van der Waals surface area contributed by atoms with Gasteiger partial charge in [-0.1, -0.05) is 12.1 Å². The molecule has 0 atom stereocenters. The van der Waals surface area contributed by atoms with E-state index in [1.807, 2.05) is 50.2 Å². The number of nitrogens with zero attached hydrogens (tertiary/aromatic N) is 2. The Hall–Kier alpha value is -1.70. The first-order chi connectivity index (χ1) is 7.24. The SMILES string of the molecule is Cc1cccc(Cc2cccc(C)n2)n1. The Kier molecular flexibility index (Phi) is 2.77. The quantitative estimate of drug-likeness (QED) is 0.741. The fraction of sp³-hybridized carbons (Fsp3) is 0.231.